The van der Waals surface area contributed by atoms with Crippen molar-refractivity contribution in [1.29, 1.82) is 0 Å². The summed E-state index contributed by atoms with van der Waals surface area (Å²) < 4.78 is 4.14. The van der Waals surface area contributed by atoms with Gasteiger partial charge < -0.3 is 9.47 Å². The first-order valence-corrected chi connectivity index (χ1v) is 9.82. The zero-order valence-electron chi connectivity index (χ0n) is 15.0. The third-order valence-electron chi connectivity index (χ3n) is 5.85. The molecule has 8 nitrogen and oxygen atoms in total. The fraction of sp³-hybridized carbons (Fsp3) is 0.722. The predicted octanol–water partition coefficient (Wildman–Crippen LogP) is 1.76. The van der Waals surface area contributed by atoms with Crippen molar-refractivity contribution in [2.75, 3.05) is 13.1 Å². The molecule has 0 bridgehead atoms. The summed E-state index contributed by atoms with van der Waals surface area (Å²) in [6.45, 7) is 2.32. The normalized spacial score (nSPS) is 21.3. The Morgan fingerprint density at radius 3 is 2.54 bits per heavy atom. The number of rotatable bonds is 6. The highest BCUT2D eigenvalue weighted by Crippen LogP contribution is 2.40. The second kappa shape index (κ2) is 6.48. The topological polar surface area (TPSA) is 81.7 Å². The van der Waals surface area contributed by atoms with Crippen LogP contribution in [0, 0.1) is 5.92 Å². The number of hydrogen-bond acceptors (Lipinski definition) is 5. The van der Waals surface area contributed by atoms with Crippen LogP contribution in [-0.4, -0.2) is 53.4 Å². The van der Waals surface area contributed by atoms with Crippen LogP contribution >= 0.6 is 0 Å². The molecule has 0 radical (unpaired) electrons. The lowest BCUT2D eigenvalue weighted by Crippen LogP contribution is -2.38. The first kappa shape index (κ1) is 16.0. The van der Waals surface area contributed by atoms with E-state index in [0.29, 0.717) is 30.3 Å². The number of likely N-dealkylation sites (tertiary alicyclic amines) is 1. The molecule has 138 valence electrons. The largest absolute Gasteiger partial charge is 0.343 e. The van der Waals surface area contributed by atoms with E-state index in [-0.39, 0.29) is 0 Å². The summed E-state index contributed by atoms with van der Waals surface area (Å²) in [5.74, 6) is 3.49. The highest BCUT2D eigenvalue weighted by atomic mass is 16.2. The quantitative estimate of drug-likeness (QED) is 0.789. The van der Waals surface area contributed by atoms with Gasteiger partial charge in [-0.2, -0.15) is 5.10 Å². The van der Waals surface area contributed by atoms with Gasteiger partial charge in [-0.05, 0) is 44.4 Å². The van der Waals surface area contributed by atoms with Gasteiger partial charge in [0.2, 0.25) is 5.91 Å². The van der Waals surface area contributed by atoms with Crippen molar-refractivity contribution < 1.29 is 4.79 Å². The SMILES string of the molecule is O=C(CC1CC1)N1CCC(c2nnc(Cn3cncn3)n2C2CC2)CC1. The van der Waals surface area contributed by atoms with Crippen LogP contribution in [0.2, 0.25) is 0 Å². The first-order valence-electron chi connectivity index (χ1n) is 9.82. The van der Waals surface area contributed by atoms with Gasteiger partial charge in [0.15, 0.2) is 5.82 Å². The molecule has 2 aliphatic carbocycles. The zero-order chi connectivity index (χ0) is 17.5. The van der Waals surface area contributed by atoms with Gasteiger partial charge in [-0.25, -0.2) is 9.67 Å². The summed E-state index contributed by atoms with van der Waals surface area (Å²) in [5.41, 5.74) is 0. The molecule has 0 N–H and O–H groups in total. The molecule has 0 aromatic carbocycles. The smallest absolute Gasteiger partial charge is 0.222 e. The number of hydrogen-bond donors (Lipinski definition) is 0. The van der Waals surface area contributed by atoms with Crippen molar-refractivity contribution in [3.05, 3.63) is 24.3 Å². The minimum atomic E-state index is 0.349. The molecule has 3 heterocycles. The molecular weight excluding hydrogens is 330 g/mol. The summed E-state index contributed by atoms with van der Waals surface area (Å²) in [4.78, 5) is 18.4. The van der Waals surface area contributed by atoms with Gasteiger partial charge >= 0.3 is 0 Å². The van der Waals surface area contributed by atoms with Gasteiger partial charge in [0.25, 0.3) is 0 Å². The van der Waals surface area contributed by atoms with Crippen LogP contribution in [0.1, 0.15) is 68.6 Å². The molecule has 0 unspecified atom stereocenters. The molecule has 1 saturated heterocycles. The molecule has 26 heavy (non-hydrogen) atoms. The van der Waals surface area contributed by atoms with Crippen LogP contribution < -0.4 is 0 Å². The second-order valence-corrected chi connectivity index (χ2v) is 7.97. The maximum Gasteiger partial charge on any atom is 0.222 e. The van der Waals surface area contributed by atoms with Crippen LogP contribution in [0.5, 0.6) is 0 Å². The molecule has 1 aliphatic heterocycles. The number of carbonyl (C=O) groups is 1. The van der Waals surface area contributed by atoms with E-state index in [1.807, 2.05) is 0 Å². The summed E-state index contributed by atoms with van der Waals surface area (Å²) in [7, 11) is 0. The van der Waals surface area contributed by atoms with Crippen molar-refractivity contribution in [2.24, 2.45) is 5.92 Å². The Hall–Kier alpha value is -2.25. The zero-order valence-corrected chi connectivity index (χ0v) is 15.0. The van der Waals surface area contributed by atoms with Gasteiger partial charge in [-0.15, -0.1) is 10.2 Å². The third kappa shape index (κ3) is 3.24. The van der Waals surface area contributed by atoms with Gasteiger partial charge in [-0.3, -0.25) is 4.79 Å². The summed E-state index contributed by atoms with van der Waals surface area (Å²) in [5, 5.41) is 13.2. The fourth-order valence-electron chi connectivity index (χ4n) is 4.00. The van der Waals surface area contributed by atoms with E-state index in [1.165, 1.54) is 25.7 Å². The Bertz CT molecular complexity index is 768. The lowest BCUT2D eigenvalue weighted by molar-refractivity contribution is -0.132. The van der Waals surface area contributed by atoms with E-state index in [1.54, 1.807) is 17.3 Å². The van der Waals surface area contributed by atoms with E-state index in [4.69, 9.17) is 0 Å². The maximum absolute atomic E-state index is 12.3. The third-order valence-corrected chi connectivity index (χ3v) is 5.85. The number of amides is 1. The van der Waals surface area contributed by atoms with E-state index < -0.39 is 0 Å². The van der Waals surface area contributed by atoms with Crippen LogP contribution in [0.15, 0.2) is 12.7 Å². The van der Waals surface area contributed by atoms with Crippen molar-refractivity contribution >= 4 is 5.91 Å². The lowest BCUT2D eigenvalue weighted by atomic mass is 9.95. The summed E-state index contributed by atoms with van der Waals surface area (Å²) in [6, 6.07) is 0.535. The minimum Gasteiger partial charge on any atom is -0.343 e. The number of aromatic nitrogens is 6. The number of nitrogens with zero attached hydrogens (tertiary/aromatic N) is 7. The highest BCUT2D eigenvalue weighted by Gasteiger charge is 2.35. The van der Waals surface area contributed by atoms with Gasteiger partial charge in [0, 0.05) is 31.5 Å². The highest BCUT2D eigenvalue weighted by molar-refractivity contribution is 5.76. The molecular formula is C18H25N7O. The van der Waals surface area contributed by atoms with Gasteiger partial charge in [0.05, 0.1) is 0 Å². The summed E-state index contributed by atoms with van der Waals surface area (Å²) >= 11 is 0. The van der Waals surface area contributed by atoms with E-state index >= 15 is 0 Å². The fourth-order valence-corrected chi connectivity index (χ4v) is 4.00. The molecule has 2 saturated carbocycles. The molecule has 2 aromatic heterocycles. The van der Waals surface area contributed by atoms with Gasteiger partial charge in [-0.1, -0.05) is 0 Å². The van der Waals surface area contributed by atoms with E-state index in [9.17, 15) is 4.79 Å². The van der Waals surface area contributed by atoms with Crippen molar-refractivity contribution in [3.8, 4) is 0 Å². The first-order chi connectivity index (χ1) is 12.8. The van der Waals surface area contributed by atoms with Crippen LogP contribution in [0.4, 0.5) is 0 Å². The summed E-state index contributed by atoms with van der Waals surface area (Å²) in [6.07, 6.45) is 10.9. The maximum atomic E-state index is 12.3. The molecule has 2 aromatic rings. The van der Waals surface area contributed by atoms with Crippen molar-refractivity contribution in [1.82, 2.24) is 34.4 Å². The lowest BCUT2D eigenvalue weighted by Gasteiger charge is -2.32. The van der Waals surface area contributed by atoms with E-state index in [0.717, 1.165) is 44.0 Å². The van der Waals surface area contributed by atoms with Crippen molar-refractivity contribution in [2.45, 2.75) is 63.5 Å². The second-order valence-electron chi connectivity index (χ2n) is 7.97. The van der Waals surface area contributed by atoms with Crippen LogP contribution in [0.3, 0.4) is 0 Å². The average Bonchev–Trinajstić information content (AvgIpc) is 3.58. The van der Waals surface area contributed by atoms with Crippen LogP contribution in [0.25, 0.3) is 0 Å². The molecule has 5 rings (SSSR count). The Balaban J connectivity index is 1.28. The van der Waals surface area contributed by atoms with Crippen molar-refractivity contribution in [3.63, 3.8) is 0 Å². The minimum absolute atomic E-state index is 0.349. The van der Waals surface area contributed by atoms with E-state index in [2.05, 4.69) is 29.7 Å². The van der Waals surface area contributed by atoms with Gasteiger partial charge in [0.1, 0.15) is 25.0 Å². The Labute approximate surface area is 152 Å². The number of carbonyl (C=O) groups excluding carboxylic acids is 1. The predicted molar refractivity (Wildman–Crippen MR) is 93.3 cm³/mol. The molecule has 3 fully saturated rings. The Kier molecular flexibility index (Phi) is 3.98. The molecule has 1 amide bonds. The monoisotopic (exact) mass is 355 g/mol. The average molecular weight is 355 g/mol. The standard InChI is InChI=1S/C18H25N7O/c26-17(9-13-1-2-13)23-7-5-14(6-8-23)18-22-21-16(25(18)15-3-4-15)10-24-12-19-11-20-24/h11-15H,1-10H2. The van der Waals surface area contributed by atoms with Crippen LogP contribution in [-0.2, 0) is 11.3 Å². The Morgan fingerprint density at radius 2 is 1.88 bits per heavy atom. The Morgan fingerprint density at radius 1 is 1.08 bits per heavy atom. The number of piperidine rings is 1. The molecule has 8 heteroatoms. The molecule has 0 atom stereocenters. The molecule has 0 spiro atoms. The molecule has 3 aliphatic rings.